The predicted octanol–water partition coefficient (Wildman–Crippen LogP) is 2.64. The summed E-state index contributed by atoms with van der Waals surface area (Å²) in [7, 11) is 0. The standard InChI is InChI=1S/C10H10INO2/c11-8-2-4-9(5-3-8)12-6-1-7-14-10(12)13/h2-5H,1,6-7H2. The molecule has 0 unspecified atom stereocenters. The lowest BCUT2D eigenvalue weighted by molar-refractivity contribution is 0.140. The zero-order chi connectivity index (χ0) is 9.97. The fraction of sp³-hybridized carbons (Fsp3) is 0.300. The van der Waals surface area contributed by atoms with Crippen molar-refractivity contribution in [1.29, 1.82) is 0 Å². The number of hydrogen-bond acceptors (Lipinski definition) is 2. The van der Waals surface area contributed by atoms with Crippen LogP contribution in [0.3, 0.4) is 0 Å². The van der Waals surface area contributed by atoms with Gasteiger partial charge in [-0.2, -0.15) is 0 Å². The largest absolute Gasteiger partial charge is 0.449 e. The Morgan fingerprint density at radius 3 is 2.64 bits per heavy atom. The van der Waals surface area contributed by atoms with Crippen LogP contribution in [0.15, 0.2) is 24.3 Å². The molecule has 0 aliphatic carbocycles. The van der Waals surface area contributed by atoms with E-state index in [0.29, 0.717) is 6.61 Å². The highest BCUT2D eigenvalue weighted by molar-refractivity contribution is 14.1. The van der Waals surface area contributed by atoms with Crippen LogP contribution in [0.25, 0.3) is 0 Å². The van der Waals surface area contributed by atoms with Crippen LogP contribution in [0, 0.1) is 3.57 Å². The zero-order valence-electron chi connectivity index (χ0n) is 7.57. The quantitative estimate of drug-likeness (QED) is 0.747. The van der Waals surface area contributed by atoms with E-state index in [1.165, 1.54) is 0 Å². The van der Waals surface area contributed by atoms with Crippen LogP contribution in [-0.2, 0) is 4.74 Å². The maximum Gasteiger partial charge on any atom is 0.414 e. The highest BCUT2D eigenvalue weighted by atomic mass is 127. The van der Waals surface area contributed by atoms with E-state index in [-0.39, 0.29) is 6.09 Å². The van der Waals surface area contributed by atoms with Crippen LogP contribution >= 0.6 is 22.6 Å². The molecule has 1 fully saturated rings. The van der Waals surface area contributed by atoms with Crippen molar-refractivity contribution < 1.29 is 9.53 Å². The number of carbonyl (C=O) groups is 1. The van der Waals surface area contributed by atoms with E-state index in [9.17, 15) is 4.79 Å². The summed E-state index contributed by atoms with van der Waals surface area (Å²) in [6.07, 6.45) is 0.662. The molecule has 0 saturated carbocycles. The van der Waals surface area contributed by atoms with Crippen molar-refractivity contribution in [3.8, 4) is 0 Å². The minimum absolute atomic E-state index is 0.238. The zero-order valence-corrected chi connectivity index (χ0v) is 9.73. The van der Waals surface area contributed by atoms with Crippen molar-refractivity contribution in [3.05, 3.63) is 27.8 Å². The van der Waals surface area contributed by atoms with Crippen molar-refractivity contribution in [3.63, 3.8) is 0 Å². The lowest BCUT2D eigenvalue weighted by Crippen LogP contribution is -2.37. The highest BCUT2D eigenvalue weighted by Gasteiger charge is 2.20. The number of cyclic esters (lactones) is 1. The van der Waals surface area contributed by atoms with E-state index in [1.54, 1.807) is 4.90 Å². The Hall–Kier alpha value is -0.780. The molecular weight excluding hydrogens is 293 g/mol. The van der Waals surface area contributed by atoms with Gasteiger partial charge in [0.05, 0.1) is 6.61 Å². The summed E-state index contributed by atoms with van der Waals surface area (Å²) in [6, 6.07) is 7.85. The van der Waals surface area contributed by atoms with Crippen LogP contribution in [0.1, 0.15) is 6.42 Å². The first-order chi connectivity index (χ1) is 6.77. The molecule has 1 heterocycles. The van der Waals surface area contributed by atoms with Crippen LogP contribution in [0.4, 0.5) is 10.5 Å². The SMILES string of the molecule is O=C1OCCCN1c1ccc(I)cc1. The van der Waals surface area contributed by atoms with Gasteiger partial charge in [0.2, 0.25) is 0 Å². The second kappa shape index (κ2) is 4.16. The summed E-state index contributed by atoms with van der Waals surface area (Å²) in [5.74, 6) is 0. The van der Waals surface area contributed by atoms with Crippen LogP contribution < -0.4 is 4.90 Å². The van der Waals surface area contributed by atoms with E-state index < -0.39 is 0 Å². The number of anilines is 1. The monoisotopic (exact) mass is 303 g/mol. The first-order valence-corrected chi connectivity index (χ1v) is 5.55. The Balaban J connectivity index is 2.20. The molecule has 3 nitrogen and oxygen atoms in total. The van der Waals surface area contributed by atoms with E-state index in [1.807, 2.05) is 24.3 Å². The van der Waals surface area contributed by atoms with Crippen molar-refractivity contribution >= 4 is 34.4 Å². The summed E-state index contributed by atoms with van der Waals surface area (Å²) in [5.41, 5.74) is 0.912. The molecule has 0 radical (unpaired) electrons. The van der Waals surface area contributed by atoms with Gasteiger partial charge in [-0.3, -0.25) is 4.90 Å². The van der Waals surface area contributed by atoms with E-state index in [2.05, 4.69) is 22.6 Å². The molecule has 74 valence electrons. The molecule has 1 amide bonds. The van der Waals surface area contributed by atoms with Crippen molar-refractivity contribution in [2.75, 3.05) is 18.1 Å². The molecule has 1 aliphatic rings. The minimum Gasteiger partial charge on any atom is -0.449 e. The molecule has 2 rings (SSSR count). The van der Waals surface area contributed by atoms with Gasteiger partial charge >= 0.3 is 6.09 Å². The van der Waals surface area contributed by atoms with Gasteiger partial charge in [-0.15, -0.1) is 0 Å². The fourth-order valence-electron chi connectivity index (χ4n) is 1.41. The third-order valence-corrected chi connectivity index (χ3v) is 2.83. The van der Waals surface area contributed by atoms with E-state index in [4.69, 9.17) is 4.74 Å². The van der Waals surface area contributed by atoms with Gasteiger partial charge in [-0.05, 0) is 53.3 Å². The third kappa shape index (κ3) is 2.00. The van der Waals surface area contributed by atoms with Gasteiger partial charge in [0.25, 0.3) is 0 Å². The molecule has 4 heteroatoms. The van der Waals surface area contributed by atoms with Gasteiger partial charge in [0.15, 0.2) is 0 Å². The molecule has 14 heavy (non-hydrogen) atoms. The smallest absolute Gasteiger partial charge is 0.414 e. The second-order valence-electron chi connectivity index (χ2n) is 3.10. The van der Waals surface area contributed by atoms with Crippen LogP contribution in [0.2, 0.25) is 0 Å². The van der Waals surface area contributed by atoms with E-state index in [0.717, 1.165) is 22.2 Å². The molecule has 1 saturated heterocycles. The van der Waals surface area contributed by atoms with Gasteiger partial charge < -0.3 is 4.74 Å². The van der Waals surface area contributed by atoms with E-state index >= 15 is 0 Å². The second-order valence-corrected chi connectivity index (χ2v) is 4.34. The Morgan fingerprint density at radius 1 is 1.29 bits per heavy atom. The number of ether oxygens (including phenoxy) is 1. The Bertz CT molecular complexity index is 336. The van der Waals surface area contributed by atoms with Crippen molar-refractivity contribution in [1.82, 2.24) is 0 Å². The minimum atomic E-state index is -0.238. The number of hydrogen-bond donors (Lipinski definition) is 0. The van der Waals surface area contributed by atoms with Gasteiger partial charge in [0.1, 0.15) is 0 Å². The maximum absolute atomic E-state index is 11.4. The number of carbonyl (C=O) groups excluding carboxylic acids is 1. The van der Waals surface area contributed by atoms with Gasteiger partial charge in [-0.1, -0.05) is 0 Å². The third-order valence-electron chi connectivity index (χ3n) is 2.11. The molecule has 1 aromatic rings. The number of rotatable bonds is 1. The maximum atomic E-state index is 11.4. The van der Waals surface area contributed by atoms with Crippen molar-refractivity contribution in [2.45, 2.75) is 6.42 Å². The summed E-state index contributed by atoms with van der Waals surface area (Å²) >= 11 is 2.24. The summed E-state index contributed by atoms with van der Waals surface area (Å²) in [6.45, 7) is 1.29. The molecule has 1 aromatic carbocycles. The molecule has 0 spiro atoms. The Labute approximate surface area is 96.2 Å². The molecular formula is C10H10INO2. The average Bonchev–Trinajstić information content (AvgIpc) is 2.20. The predicted molar refractivity (Wildman–Crippen MR) is 62.5 cm³/mol. The topological polar surface area (TPSA) is 29.5 Å². The number of benzene rings is 1. The lowest BCUT2D eigenvalue weighted by atomic mass is 10.2. The lowest BCUT2D eigenvalue weighted by Gasteiger charge is -2.26. The molecule has 0 N–H and O–H groups in total. The number of halogens is 1. The highest BCUT2D eigenvalue weighted by Crippen LogP contribution is 2.19. The Kier molecular flexibility index (Phi) is 2.90. The van der Waals surface area contributed by atoms with Gasteiger partial charge in [0, 0.05) is 15.8 Å². The molecule has 1 aliphatic heterocycles. The summed E-state index contributed by atoms with van der Waals surface area (Å²) in [5, 5.41) is 0. The van der Waals surface area contributed by atoms with Crippen molar-refractivity contribution in [2.24, 2.45) is 0 Å². The number of nitrogens with zero attached hydrogens (tertiary/aromatic N) is 1. The molecule has 0 bridgehead atoms. The number of amides is 1. The normalized spacial score (nSPS) is 16.6. The molecule has 0 aromatic heterocycles. The first-order valence-electron chi connectivity index (χ1n) is 4.47. The van der Waals surface area contributed by atoms with Crippen LogP contribution in [0.5, 0.6) is 0 Å². The average molecular weight is 303 g/mol. The first kappa shape index (κ1) is 9.76. The summed E-state index contributed by atoms with van der Waals surface area (Å²) < 4.78 is 6.12. The Morgan fingerprint density at radius 2 is 2.00 bits per heavy atom. The van der Waals surface area contributed by atoms with Crippen LogP contribution in [-0.4, -0.2) is 19.2 Å². The summed E-state index contributed by atoms with van der Waals surface area (Å²) in [4.78, 5) is 13.0. The molecule has 0 atom stereocenters. The van der Waals surface area contributed by atoms with Gasteiger partial charge in [-0.25, -0.2) is 4.79 Å². The fourth-order valence-corrected chi connectivity index (χ4v) is 1.77.